The average molecular weight is 245 g/mol. The molecule has 0 heterocycles. The Kier molecular flexibility index (Phi) is 7.43. The third-order valence-corrected chi connectivity index (χ3v) is 3.79. The molecule has 0 fully saturated rings. The molecule has 0 atom stereocenters. The van der Waals surface area contributed by atoms with Crippen LogP contribution in [0.2, 0.25) is 4.44 Å². The summed E-state index contributed by atoms with van der Waals surface area (Å²) in [5, 5.41) is 0. The number of hydrogen-bond acceptors (Lipinski definition) is 3. The van der Waals surface area contributed by atoms with Crippen molar-refractivity contribution >= 4 is 19.6 Å². The van der Waals surface area contributed by atoms with Crippen LogP contribution in [0.1, 0.15) is 19.8 Å². The number of hydrogen-bond donors (Lipinski definition) is 3. The molecule has 0 unspecified atom stereocenters. The molecule has 0 rings (SSSR count). The second kappa shape index (κ2) is 5.43. The quantitative estimate of drug-likeness (QED) is 0.549. The Morgan fingerprint density at radius 2 is 1.67 bits per heavy atom. The van der Waals surface area contributed by atoms with Gasteiger partial charge in [-0.2, -0.15) is 0 Å². The van der Waals surface area contributed by atoms with Crippen LogP contribution >= 0.6 is 0 Å². The third kappa shape index (κ3) is 12.0. The molecule has 58 valence electrons. The molecule has 0 aromatic carbocycles. The van der Waals surface area contributed by atoms with Crippen molar-refractivity contribution in [1.29, 1.82) is 0 Å². The van der Waals surface area contributed by atoms with E-state index in [2.05, 4.69) is 0 Å². The Bertz CT molecular complexity index is 60.1. The molecule has 0 saturated carbocycles. The van der Waals surface area contributed by atoms with Gasteiger partial charge in [-0.15, -0.1) is 0 Å². The summed E-state index contributed by atoms with van der Waals surface area (Å²) < 4.78 is 25.7. The number of rotatable bonds is 3. The Morgan fingerprint density at radius 3 is 1.78 bits per heavy atom. The van der Waals surface area contributed by atoms with Gasteiger partial charge in [-0.05, 0) is 0 Å². The van der Waals surface area contributed by atoms with Gasteiger partial charge in [-0.3, -0.25) is 0 Å². The summed E-state index contributed by atoms with van der Waals surface area (Å²) >= 11 is -4.31. The molecular weight excluding hydrogens is 231 g/mol. The van der Waals surface area contributed by atoms with Gasteiger partial charge in [-0.25, -0.2) is 0 Å². The van der Waals surface area contributed by atoms with Crippen LogP contribution in [0.3, 0.4) is 0 Å². The van der Waals surface area contributed by atoms with Crippen molar-refractivity contribution in [2.24, 2.45) is 0 Å². The monoisotopic (exact) mass is 246 g/mol. The second-order valence-electron chi connectivity index (χ2n) is 1.88. The van der Waals surface area contributed by atoms with Gasteiger partial charge in [0.2, 0.25) is 0 Å². The Labute approximate surface area is 60.0 Å². The summed E-state index contributed by atoms with van der Waals surface area (Å²) in [7, 11) is 0. The molecule has 0 radical (unpaired) electrons. The van der Waals surface area contributed by atoms with Gasteiger partial charge >= 0.3 is 54.2 Å². The van der Waals surface area contributed by atoms with E-state index < -0.39 is 19.6 Å². The Hall–Kier alpha value is 0.639. The van der Waals surface area contributed by atoms with Crippen molar-refractivity contribution in [1.82, 2.24) is 0 Å². The van der Waals surface area contributed by atoms with Crippen LogP contribution in [0.25, 0.3) is 0 Å². The summed E-state index contributed by atoms with van der Waals surface area (Å²) in [6.45, 7) is 1.94. The first kappa shape index (κ1) is 12.3. The fraction of sp³-hybridized carbons (Fsp3) is 1.00. The molecule has 4 nitrogen and oxygen atoms in total. The van der Waals surface area contributed by atoms with E-state index in [0.717, 1.165) is 12.8 Å². The van der Waals surface area contributed by atoms with Crippen molar-refractivity contribution in [2.75, 3.05) is 0 Å². The molecular formula is C4H14O4Sn. The summed E-state index contributed by atoms with van der Waals surface area (Å²) in [4.78, 5) is 0. The average Bonchev–Trinajstić information content (AvgIpc) is 1.59. The molecule has 0 bridgehead atoms. The molecule has 9 heavy (non-hydrogen) atoms. The van der Waals surface area contributed by atoms with Crippen LogP contribution in [0.5, 0.6) is 0 Å². The van der Waals surface area contributed by atoms with Crippen molar-refractivity contribution in [2.45, 2.75) is 24.2 Å². The molecule has 0 amide bonds. The van der Waals surface area contributed by atoms with Crippen LogP contribution in [-0.4, -0.2) is 35.4 Å². The molecule has 5 N–H and O–H groups in total. The molecule has 0 aromatic heterocycles. The largest absolute Gasteiger partial charge is 0.412 e. The van der Waals surface area contributed by atoms with Crippen molar-refractivity contribution < 1.29 is 15.8 Å². The van der Waals surface area contributed by atoms with Crippen molar-refractivity contribution in [3.05, 3.63) is 0 Å². The molecule has 5 heteroatoms. The Balaban J connectivity index is 0. The van der Waals surface area contributed by atoms with Gasteiger partial charge in [0.05, 0.1) is 0 Å². The maximum absolute atomic E-state index is 8.47. The molecule has 0 aliphatic rings. The van der Waals surface area contributed by atoms with Gasteiger partial charge in [0.1, 0.15) is 0 Å². The van der Waals surface area contributed by atoms with Gasteiger partial charge in [0.25, 0.3) is 0 Å². The standard InChI is InChI=1S/C4H9.4H2O.Sn/c1-3-4-2;;;;;/h1,3-4H2,2H3;4*1H2;/q;;;;;+3/p-3. The van der Waals surface area contributed by atoms with E-state index in [0.29, 0.717) is 0 Å². The van der Waals surface area contributed by atoms with E-state index in [1.54, 1.807) is 0 Å². The summed E-state index contributed by atoms with van der Waals surface area (Å²) in [6, 6.07) is 0. The zero-order chi connectivity index (χ0) is 6.62. The van der Waals surface area contributed by atoms with E-state index in [1.807, 2.05) is 6.92 Å². The molecule has 0 aliphatic carbocycles. The molecule has 0 aliphatic heterocycles. The van der Waals surface area contributed by atoms with Crippen LogP contribution < -0.4 is 0 Å². The van der Waals surface area contributed by atoms with Crippen molar-refractivity contribution in [3.8, 4) is 0 Å². The minimum Gasteiger partial charge on any atom is -0.412 e. The second-order valence-corrected chi connectivity index (χ2v) is 7.73. The van der Waals surface area contributed by atoms with Crippen molar-refractivity contribution in [3.63, 3.8) is 0 Å². The zero-order valence-corrected chi connectivity index (χ0v) is 8.32. The van der Waals surface area contributed by atoms with E-state index in [1.165, 1.54) is 0 Å². The summed E-state index contributed by atoms with van der Waals surface area (Å²) in [5.74, 6) is 0. The van der Waals surface area contributed by atoms with Crippen LogP contribution in [0.4, 0.5) is 0 Å². The van der Waals surface area contributed by atoms with E-state index in [4.69, 9.17) is 10.3 Å². The maximum atomic E-state index is 8.47. The first-order valence-electron chi connectivity index (χ1n) is 2.73. The van der Waals surface area contributed by atoms with Gasteiger partial charge < -0.3 is 5.48 Å². The van der Waals surface area contributed by atoms with Gasteiger partial charge in [0, 0.05) is 0 Å². The van der Waals surface area contributed by atoms with Gasteiger partial charge in [0.15, 0.2) is 0 Å². The van der Waals surface area contributed by atoms with E-state index in [9.17, 15) is 0 Å². The SMILES string of the molecule is CCC[CH2][Sn]([OH])([OH])[OH].O. The Morgan fingerprint density at radius 1 is 1.22 bits per heavy atom. The predicted octanol–water partition coefficient (Wildman–Crippen LogP) is -1.12. The summed E-state index contributed by atoms with van der Waals surface area (Å²) in [5.41, 5.74) is 0. The zero-order valence-electron chi connectivity index (χ0n) is 5.46. The maximum Gasteiger partial charge on any atom is -0.412 e. The first-order valence-corrected chi connectivity index (χ1v) is 8.58. The van der Waals surface area contributed by atoms with Crippen LogP contribution in [-0.2, 0) is 0 Å². The third-order valence-electron chi connectivity index (χ3n) is 0.866. The first-order chi connectivity index (χ1) is 3.56. The normalized spacial score (nSPS) is 10.7. The topological polar surface area (TPSA) is 92.2 Å². The van der Waals surface area contributed by atoms with Crippen LogP contribution in [0.15, 0.2) is 0 Å². The van der Waals surface area contributed by atoms with E-state index in [-0.39, 0.29) is 9.91 Å². The predicted molar refractivity (Wildman–Crippen MR) is 35.7 cm³/mol. The fourth-order valence-electron chi connectivity index (χ4n) is 0.414. The van der Waals surface area contributed by atoms with Gasteiger partial charge in [-0.1, -0.05) is 0 Å². The fourth-order valence-corrected chi connectivity index (χ4v) is 2.78. The molecule has 0 spiro atoms. The number of unbranched alkanes of at least 4 members (excludes halogenated alkanes) is 1. The van der Waals surface area contributed by atoms with E-state index >= 15 is 0 Å². The molecule has 0 saturated heterocycles. The summed E-state index contributed by atoms with van der Waals surface area (Å²) in [6.07, 6.45) is 1.62. The van der Waals surface area contributed by atoms with Crippen LogP contribution in [0, 0.1) is 0 Å². The smallest absolute Gasteiger partial charge is 0.412 e. The molecule has 0 aromatic rings. The minimum absolute atomic E-state index is 0. The minimum atomic E-state index is -4.31.